The van der Waals surface area contributed by atoms with Gasteiger partial charge in [-0.15, -0.1) is 0 Å². The summed E-state index contributed by atoms with van der Waals surface area (Å²) in [6.45, 7) is 0. The third kappa shape index (κ3) is 2.87. The van der Waals surface area contributed by atoms with Crippen molar-refractivity contribution in [3.8, 4) is 11.5 Å². The fraction of sp³-hybridized carbons (Fsp3) is 0. The van der Waals surface area contributed by atoms with Crippen LogP contribution < -0.4 is 4.74 Å². The van der Waals surface area contributed by atoms with Crippen LogP contribution in [0.15, 0.2) is 41.1 Å². The van der Waals surface area contributed by atoms with E-state index < -0.39 is 0 Å². The maximum Gasteiger partial charge on any atom is 0.196 e. The number of aromatic nitrogens is 2. The van der Waals surface area contributed by atoms with Gasteiger partial charge in [0.25, 0.3) is 0 Å². The van der Waals surface area contributed by atoms with E-state index in [-0.39, 0.29) is 0 Å². The first-order valence-corrected chi connectivity index (χ1v) is 5.42. The Labute approximate surface area is 100 Å². The van der Waals surface area contributed by atoms with Crippen LogP contribution in [0.2, 0.25) is 0 Å². The van der Waals surface area contributed by atoms with E-state index in [2.05, 4.69) is 25.9 Å². The number of halogens is 1. The van der Waals surface area contributed by atoms with E-state index >= 15 is 0 Å². The van der Waals surface area contributed by atoms with Crippen LogP contribution >= 0.6 is 28.1 Å². The van der Waals surface area contributed by atoms with Crippen LogP contribution in [0.4, 0.5) is 0 Å². The second-order valence-electron chi connectivity index (χ2n) is 2.81. The van der Waals surface area contributed by atoms with Gasteiger partial charge >= 0.3 is 0 Å². The third-order valence-corrected chi connectivity index (χ3v) is 2.40. The number of benzene rings is 1. The lowest BCUT2D eigenvalue weighted by molar-refractivity contribution is 0.477. The van der Waals surface area contributed by atoms with E-state index in [4.69, 9.17) is 17.0 Å². The number of hydrogen-bond donors (Lipinski definition) is 1. The Kier molecular flexibility index (Phi) is 3.13. The molecule has 1 aromatic carbocycles. The second-order valence-corrected chi connectivity index (χ2v) is 4.12. The zero-order chi connectivity index (χ0) is 10.7. The fourth-order valence-electron chi connectivity index (χ4n) is 1.05. The summed E-state index contributed by atoms with van der Waals surface area (Å²) in [7, 11) is 0. The molecule has 3 nitrogen and oxygen atoms in total. The van der Waals surface area contributed by atoms with Crippen molar-refractivity contribution in [2.24, 2.45) is 0 Å². The lowest BCUT2D eigenvalue weighted by Crippen LogP contribution is -1.87. The van der Waals surface area contributed by atoms with Gasteiger partial charge < -0.3 is 9.72 Å². The van der Waals surface area contributed by atoms with Gasteiger partial charge in [-0.3, -0.25) is 0 Å². The maximum atomic E-state index is 5.54. The number of hydrogen-bond acceptors (Lipinski definition) is 3. The molecule has 0 aliphatic heterocycles. The molecule has 76 valence electrons. The first-order valence-electron chi connectivity index (χ1n) is 4.22. The van der Waals surface area contributed by atoms with Crippen molar-refractivity contribution in [2.75, 3.05) is 0 Å². The van der Waals surface area contributed by atoms with Crippen LogP contribution in [-0.4, -0.2) is 9.97 Å². The minimum Gasteiger partial charge on any atom is -0.454 e. The zero-order valence-corrected chi connectivity index (χ0v) is 10.0. The van der Waals surface area contributed by atoms with Crippen LogP contribution in [0.5, 0.6) is 11.5 Å². The largest absolute Gasteiger partial charge is 0.454 e. The van der Waals surface area contributed by atoms with Gasteiger partial charge in [-0.25, -0.2) is 4.98 Å². The molecule has 0 saturated heterocycles. The molecule has 0 saturated carbocycles. The van der Waals surface area contributed by atoms with Crippen LogP contribution in [0, 0.1) is 4.77 Å². The van der Waals surface area contributed by atoms with Crippen LogP contribution in [0.1, 0.15) is 0 Å². The Morgan fingerprint density at radius 2 is 2.20 bits per heavy atom. The summed E-state index contributed by atoms with van der Waals surface area (Å²) in [5, 5.41) is 0. The molecule has 1 N–H and O–H groups in total. The quantitative estimate of drug-likeness (QED) is 0.854. The summed E-state index contributed by atoms with van der Waals surface area (Å²) in [5.74, 6) is 1.37. The molecule has 0 atom stereocenters. The molecule has 2 rings (SSSR count). The van der Waals surface area contributed by atoms with Crippen molar-refractivity contribution < 1.29 is 4.74 Å². The molecule has 0 fully saturated rings. The van der Waals surface area contributed by atoms with Crippen LogP contribution in [0.25, 0.3) is 0 Å². The molecule has 0 aliphatic carbocycles. The highest BCUT2D eigenvalue weighted by atomic mass is 79.9. The smallest absolute Gasteiger partial charge is 0.196 e. The lowest BCUT2D eigenvalue weighted by atomic mass is 10.3. The maximum absolute atomic E-state index is 5.54. The van der Waals surface area contributed by atoms with E-state index in [9.17, 15) is 0 Å². The van der Waals surface area contributed by atoms with Crippen molar-refractivity contribution >= 4 is 28.1 Å². The molecular formula is C10H7BrN2OS. The predicted octanol–water partition coefficient (Wildman–Crippen LogP) is 3.69. The highest BCUT2D eigenvalue weighted by Crippen LogP contribution is 2.22. The van der Waals surface area contributed by atoms with Crippen molar-refractivity contribution in [1.82, 2.24) is 9.97 Å². The minimum atomic E-state index is 0.441. The molecule has 0 spiro atoms. The number of H-pyrrole nitrogens is 1. The second kappa shape index (κ2) is 4.55. The highest BCUT2D eigenvalue weighted by molar-refractivity contribution is 9.10. The summed E-state index contributed by atoms with van der Waals surface area (Å²) in [6.07, 6.45) is 3.26. The summed E-state index contributed by atoms with van der Waals surface area (Å²) in [5.41, 5.74) is 0. The average Bonchev–Trinajstić information content (AvgIpc) is 2.22. The van der Waals surface area contributed by atoms with Gasteiger partial charge in [0.05, 0.1) is 6.20 Å². The molecule has 5 heteroatoms. The number of aromatic amines is 1. The Morgan fingerprint density at radius 3 is 2.87 bits per heavy atom. The molecule has 0 unspecified atom stereocenters. The Hall–Kier alpha value is -1.20. The van der Waals surface area contributed by atoms with E-state index in [0.717, 1.165) is 10.2 Å². The zero-order valence-electron chi connectivity index (χ0n) is 7.61. The summed E-state index contributed by atoms with van der Waals surface area (Å²) in [6, 6.07) is 7.58. The first kappa shape index (κ1) is 10.3. The van der Waals surface area contributed by atoms with Crippen LogP contribution in [-0.2, 0) is 0 Å². The highest BCUT2D eigenvalue weighted by Gasteiger charge is 1.97. The van der Waals surface area contributed by atoms with Gasteiger partial charge in [-0.2, -0.15) is 0 Å². The fourth-order valence-corrected chi connectivity index (χ4v) is 1.54. The Balaban J connectivity index is 2.22. The number of nitrogens with one attached hydrogen (secondary N) is 1. The molecule has 1 aromatic heterocycles. The average molecular weight is 283 g/mol. The standard InChI is InChI=1S/C10H7BrN2OS/c11-7-2-1-3-8(4-7)14-9-5-12-10(15)13-6-9/h1-6H,(H,12,13,15). The molecule has 0 aliphatic rings. The van der Waals surface area contributed by atoms with E-state index in [0.29, 0.717) is 10.5 Å². The molecule has 0 radical (unpaired) electrons. The molecule has 15 heavy (non-hydrogen) atoms. The van der Waals surface area contributed by atoms with Crippen molar-refractivity contribution in [3.63, 3.8) is 0 Å². The molecule has 1 heterocycles. The van der Waals surface area contributed by atoms with Crippen molar-refractivity contribution in [1.29, 1.82) is 0 Å². The van der Waals surface area contributed by atoms with Gasteiger partial charge in [0.2, 0.25) is 0 Å². The van der Waals surface area contributed by atoms with Gasteiger partial charge in [-0.1, -0.05) is 22.0 Å². The van der Waals surface area contributed by atoms with E-state index in [1.54, 1.807) is 12.4 Å². The summed E-state index contributed by atoms with van der Waals surface area (Å²) < 4.78 is 6.95. The Morgan fingerprint density at radius 1 is 1.33 bits per heavy atom. The summed E-state index contributed by atoms with van der Waals surface area (Å²) in [4.78, 5) is 6.72. The Bertz CT molecular complexity index is 506. The van der Waals surface area contributed by atoms with Crippen molar-refractivity contribution in [2.45, 2.75) is 0 Å². The van der Waals surface area contributed by atoms with Gasteiger partial charge in [0.15, 0.2) is 10.5 Å². The monoisotopic (exact) mass is 282 g/mol. The third-order valence-electron chi connectivity index (χ3n) is 1.68. The molecule has 0 bridgehead atoms. The normalized spacial score (nSPS) is 9.93. The molecule has 2 aromatic rings. The number of nitrogens with zero attached hydrogens (tertiary/aromatic N) is 1. The molecular weight excluding hydrogens is 276 g/mol. The van der Waals surface area contributed by atoms with Gasteiger partial charge in [0, 0.05) is 10.7 Å². The van der Waals surface area contributed by atoms with E-state index in [1.165, 1.54) is 0 Å². The molecule has 0 amide bonds. The lowest BCUT2D eigenvalue weighted by Gasteiger charge is -2.04. The predicted molar refractivity (Wildman–Crippen MR) is 63.6 cm³/mol. The topological polar surface area (TPSA) is 37.9 Å². The SMILES string of the molecule is S=c1ncc(Oc2cccc(Br)c2)c[nH]1. The van der Waals surface area contributed by atoms with Crippen molar-refractivity contribution in [3.05, 3.63) is 45.9 Å². The van der Waals surface area contributed by atoms with Gasteiger partial charge in [0.1, 0.15) is 5.75 Å². The summed E-state index contributed by atoms with van der Waals surface area (Å²) >= 11 is 8.19. The minimum absolute atomic E-state index is 0.441. The van der Waals surface area contributed by atoms with E-state index in [1.807, 2.05) is 24.3 Å². The number of rotatable bonds is 2. The first-order chi connectivity index (χ1) is 7.24. The number of ether oxygens (including phenoxy) is 1. The van der Waals surface area contributed by atoms with Gasteiger partial charge in [-0.05, 0) is 30.4 Å². The van der Waals surface area contributed by atoms with Crippen LogP contribution in [0.3, 0.4) is 0 Å².